The second kappa shape index (κ2) is 10.2. The summed E-state index contributed by atoms with van der Waals surface area (Å²) in [6.07, 6.45) is -3.57. The van der Waals surface area contributed by atoms with E-state index in [1.807, 2.05) is 56.6 Å². The van der Waals surface area contributed by atoms with Crippen LogP contribution < -0.4 is 15.1 Å². The van der Waals surface area contributed by atoms with Crippen molar-refractivity contribution in [1.29, 1.82) is 0 Å². The fraction of sp³-hybridized carbons (Fsp3) is 0.250. The van der Waals surface area contributed by atoms with E-state index in [0.29, 0.717) is 11.3 Å². The van der Waals surface area contributed by atoms with Gasteiger partial charge in [-0.15, -0.1) is 0 Å². The molecule has 0 saturated heterocycles. The van der Waals surface area contributed by atoms with Crippen molar-refractivity contribution < 1.29 is 13.2 Å². The second-order valence-corrected chi connectivity index (χ2v) is 12.7. The van der Waals surface area contributed by atoms with Gasteiger partial charge in [0.2, 0.25) is 0 Å². The summed E-state index contributed by atoms with van der Waals surface area (Å²) in [6, 6.07) is 25.7. The first-order valence-electron chi connectivity index (χ1n) is 14.5. The lowest BCUT2D eigenvalue weighted by Gasteiger charge is -2.26. The number of anilines is 2. The summed E-state index contributed by atoms with van der Waals surface area (Å²) >= 11 is 0. The number of hydrogen-bond acceptors (Lipinski definition) is 3. The Morgan fingerprint density at radius 2 is 1.37 bits per heavy atom. The molecule has 0 bridgehead atoms. The summed E-state index contributed by atoms with van der Waals surface area (Å²) < 4.78 is 43.3. The summed E-state index contributed by atoms with van der Waals surface area (Å²) in [5.74, 6) is 0. The Hall–Kier alpha value is -4.26. The standard InChI is InChI=1S/C36H35BF3N3/c1-22-11-10-12-23(2)34(22)37-42(6)32-16-15-25(19-33(32)43(37)7)28-20-31(41-21-30(28)36(38,39)40)26-17-24-13-8-9-14-27(24)29(18-26)35(3,4)5/h8-21H,1-7H3. The Morgan fingerprint density at radius 3 is 2.05 bits per heavy atom. The number of halogens is 3. The minimum atomic E-state index is -4.55. The summed E-state index contributed by atoms with van der Waals surface area (Å²) in [5.41, 5.74) is 7.60. The van der Waals surface area contributed by atoms with E-state index >= 15 is 0 Å². The third-order valence-electron chi connectivity index (χ3n) is 8.76. The van der Waals surface area contributed by atoms with Crippen molar-refractivity contribution in [3.05, 3.63) is 107 Å². The van der Waals surface area contributed by atoms with E-state index in [2.05, 4.69) is 73.5 Å². The molecule has 0 N–H and O–H groups in total. The van der Waals surface area contributed by atoms with Crippen molar-refractivity contribution in [3.8, 4) is 22.4 Å². The number of hydrogen-bond donors (Lipinski definition) is 0. The number of alkyl halides is 3. The number of pyridine rings is 1. The lowest BCUT2D eigenvalue weighted by atomic mass is 9.62. The molecule has 0 amide bonds. The summed E-state index contributed by atoms with van der Waals surface area (Å²) in [7, 11) is 4.05. The Balaban J connectivity index is 1.50. The maximum Gasteiger partial charge on any atom is 0.418 e. The Morgan fingerprint density at radius 1 is 0.698 bits per heavy atom. The van der Waals surface area contributed by atoms with Crippen molar-refractivity contribution in [3.63, 3.8) is 0 Å². The first-order valence-corrected chi connectivity index (χ1v) is 14.5. The molecule has 5 aromatic rings. The molecule has 0 unspecified atom stereocenters. The van der Waals surface area contributed by atoms with Crippen LogP contribution >= 0.6 is 0 Å². The van der Waals surface area contributed by atoms with Crippen LogP contribution in [-0.2, 0) is 11.6 Å². The molecule has 1 aliphatic rings. The van der Waals surface area contributed by atoms with E-state index in [-0.39, 0.29) is 18.0 Å². The van der Waals surface area contributed by atoms with Crippen LogP contribution in [0.5, 0.6) is 0 Å². The fourth-order valence-corrected chi connectivity index (χ4v) is 6.57. The van der Waals surface area contributed by atoms with E-state index in [1.54, 1.807) is 12.1 Å². The Labute approximate surface area is 252 Å². The normalized spacial score (nSPS) is 13.7. The van der Waals surface area contributed by atoms with Crippen molar-refractivity contribution in [2.75, 3.05) is 23.7 Å². The third-order valence-corrected chi connectivity index (χ3v) is 8.76. The molecule has 3 nitrogen and oxygen atoms in total. The minimum absolute atomic E-state index is 0.0602. The SMILES string of the molecule is Cc1cccc(C)c1B1N(C)c2ccc(-c3cc(-c4cc(C(C)(C)C)c5ccccc5c4)ncc3C(F)(F)F)cc2N1C. The maximum atomic E-state index is 14.4. The molecule has 43 heavy (non-hydrogen) atoms. The molecule has 218 valence electrons. The predicted molar refractivity (Wildman–Crippen MR) is 174 cm³/mol. The Kier molecular flexibility index (Phi) is 6.83. The van der Waals surface area contributed by atoms with Crippen LogP contribution in [-0.4, -0.2) is 26.1 Å². The van der Waals surface area contributed by atoms with Gasteiger partial charge in [-0.3, -0.25) is 4.98 Å². The zero-order valence-corrected chi connectivity index (χ0v) is 25.6. The van der Waals surface area contributed by atoms with Gasteiger partial charge in [-0.1, -0.05) is 80.4 Å². The van der Waals surface area contributed by atoms with Crippen molar-refractivity contribution in [1.82, 2.24) is 4.98 Å². The molecule has 0 fully saturated rings. The van der Waals surface area contributed by atoms with E-state index in [9.17, 15) is 13.2 Å². The topological polar surface area (TPSA) is 19.4 Å². The van der Waals surface area contributed by atoms with Crippen molar-refractivity contribution in [2.45, 2.75) is 46.2 Å². The van der Waals surface area contributed by atoms with E-state index < -0.39 is 11.7 Å². The van der Waals surface area contributed by atoms with Gasteiger partial charge in [-0.25, -0.2) is 0 Å². The highest BCUT2D eigenvalue weighted by atomic mass is 19.4. The van der Waals surface area contributed by atoms with Gasteiger partial charge in [0, 0.05) is 23.1 Å². The van der Waals surface area contributed by atoms with Gasteiger partial charge in [0.15, 0.2) is 0 Å². The van der Waals surface area contributed by atoms with Gasteiger partial charge < -0.3 is 9.62 Å². The quantitative estimate of drug-likeness (QED) is 0.200. The van der Waals surface area contributed by atoms with E-state index in [4.69, 9.17) is 0 Å². The van der Waals surface area contributed by atoms with Crippen molar-refractivity contribution in [2.24, 2.45) is 0 Å². The molecule has 0 atom stereocenters. The molecule has 0 spiro atoms. The summed E-state index contributed by atoms with van der Waals surface area (Å²) in [4.78, 5) is 8.71. The van der Waals surface area contributed by atoms with Crippen LogP contribution in [0.1, 0.15) is 43.0 Å². The highest BCUT2D eigenvalue weighted by molar-refractivity contribution is 6.82. The molecule has 0 aliphatic carbocycles. The van der Waals surface area contributed by atoms with Gasteiger partial charge in [-0.05, 0) is 96.6 Å². The highest BCUT2D eigenvalue weighted by Crippen LogP contribution is 2.44. The van der Waals surface area contributed by atoms with Gasteiger partial charge in [-0.2, -0.15) is 13.2 Å². The number of rotatable bonds is 3. The van der Waals surface area contributed by atoms with Gasteiger partial charge in [0.05, 0.1) is 11.3 Å². The number of aryl methyl sites for hydroxylation is 2. The van der Waals surface area contributed by atoms with Crippen LogP contribution in [0.2, 0.25) is 0 Å². The van der Waals surface area contributed by atoms with Gasteiger partial charge >= 0.3 is 13.2 Å². The predicted octanol–water partition coefficient (Wildman–Crippen LogP) is 8.78. The lowest BCUT2D eigenvalue weighted by molar-refractivity contribution is -0.137. The molecule has 0 saturated carbocycles. The van der Waals surface area contributed by atoms with Gasteiger partial charge in [0.1, 0.15) is 0 Å². The zero-order chi connectivity index (χ0) is 30.8. The number of fused-ring (bicyclic) bond motifs is 2. The zero-order valence-electron chi connectivity index (χ0n) is 25.6. The van der Waals surface area contributed by atoms with Crippen LogP contribution in [0.4, 0.5) is 24.5 Å². The molecule has 2 heterocycles. The van der Waals surface area contributed by atoms with Gasteiger partial charge in [0.25, 0.3) is 0 Å². The number of nitrogens with zero attached hydrogens (tertiary/aromatic N) is 3. The highest BCUT2D eigenvalue weighted by Gasteiger charge is 2.40. The fourth-order valence-electron chi connectivity index (χ4n) is 6.57. The molecular weight excluding hydrogens is 542 g/mol. The average Bonchev–Trinajstić information content (AvgIpc) is 3.20. The minimum Gasteiger partial charge on any atom is -0.393 e. The van der Waals surface area contributed by atoms with Crippen LogP contribution in [0.3, 0.4) is 0 Å². The molecule has 1 aromatic heterocycles. The summed E-state index contributed by atoms with van der Waals surface area (Å²) in [6.45, 7) is 10.6. The Bertz CT molecular complexity index is 1850. The smallest absolute Gasteiger partial charge is 0.393 e. The molecule has 0 radical (unpaired) electrons. The van der Waals surface area contributed by atoms with Crippen LogP contribution in [0.15, 0.2) is 85.1 Å². The lowest BCUT2D eigenvalue weighted by Crippen LogP contribution is -2.55. The second-order valence-electron chi connectivity index (χ2n) is 12.7. The van der Waals surface area contributed by atoms with Crippen LogP contribution in [0.25, 0.3) is 33.2 Å². The molecule has 7 heteroatoms. The average molecular weight is 578 g/mol. The summed E-state index contributed by atoms with van der Waals surface area (Å²) in [5, 5.41) is 2.17. The largest absolute Gasteiger partial charge is 0.418 e. The third kappa shape index (κ3) is 4.95. The monoisotopic (exact) mass is 577 g/mol. The number of aromatic nitrogens is 1. The first kappa shape index (κ1) is 28.8. The molecular formula is C36H35BF3N3. The molecule has 1 aliphatic heterocycles. The maximum absolute atomic E-state index is 14.4. The molecule has 4 aromatic carbocycles. The molecule has 6 rings (SSSR count). The van der Waals surface area contributed by atoms with E-state index in [1.165, 1.54) is 16.6 Å². The van der Waals surface area contributed by atoms with E-state index in [0.717, 1.165) is 39.5 Å². The first-order chi connectivity index (χ1) is 20.3. The van der Waals surface area contributed by atoms with Crippen LogP contribution in [0, 0.1) is 13.8 Å². The number of benzene rings is 4. The van der Waals surface area contributed by atoms with Crippen molar-refractivity contribution >= 4 is 34.6 Å².